The fourth-order valence-corrected chi connectivity index (χ4v) is 2.45. The Morgan fingerprint density at radius 1 is 1.04 bits per heavy atom. The Balaban J connectivity index is 0.00000312. The number of halogens is 2. The van der Waals surface area contributed by atoms with Gasteiger partial charge in [0.15, 0.2) is 11.5 Å². The van der Waals surface area contributed by atoms with Crippen LogP contribution < -0.4 is 14.8 Å². The highest BCUT2D eigenvalue weighted by Gasteiger charge is 2.09. The number of rotatable bonds is 9. The number of benzene rings is 2. The first-order valence-corrected chi connectivity index (χ1v) is 8.87. The van der Waals surface area contributed by atoms with Gasteiger partial charge in [-0.2, -0.15) is 0 Å². The largest absolute Gasteiger partial charge is 0.490 e. The minimum atomic E-state index is 0. The average molecular weight is 384 g/mol. The van der Waals surface area contributed by atoms with E-state index >= 15 is 0 Å². The highest BCUT2D eigenvalue weighted by atomic mass is 35.5. The van der Waals surface area contributed by atoms with Gasteiger partial charge >= 0.3 is 0 Å². The molecule has 0 spiro atoms. The molecule has 0 saturated carbocycles. The van der Waals surface area contributed by atoms with Crippen LogP contribution in [-0.2, 0) is 13.2 Å². The molecule has 1 N–H and O–H groups in total. The van der Waals surface area contributed by atoms with E-state index in [0.29, 0.717) is 24.3 Å². The smallest absolute Gasteiger partial charge is 0.161 e. The zero-order chi connectivity index (χ0) is 17.4. The Morgan fingerprint density at radius 2 is 1.80 bits per heavy atom. The summed E-state index contributed by atoms with van der Waals surface area (Å²) in [5.41, 5.74) is 2.15. The summed E-state index contributed by atoms with van der Waals surface area (Å²) in [6.45, 7) is 8.18. The van der Waals surface area contributed by atoms with Gasteiger partial charge in [-0.3, -0.25) is 0 Å². The summed E-state index contributed by atoms with van der Waals surface area (Å²) in [5.74, 6) is 1.51. The molecule has 0 aliphatic heterocycles. The van der Waals surface area contributed by atoms with E-state index in [1.165, 1.54) is 5.56 Å². The molecular weight excluding hydrogens is 357 g/mol. The SMILES string of the molecule is CCOc1cc(CNC(C)CC)ccc1OCc1ccccc1Cl.Cl. The Morgan fingerprint density at radius 3 is 2.48 bits per heavy atom. The molecule has 25 heavy (non-hydrogen) atoms. The molecule has 1 atom stereocenters. The molecule has 2 rings (SSSR count). The maximum Gasteiger partial charge on any atom is 0.161 e. The zero-order valence-electron chi connectivity index (χ0n) is 15.0. The van der Waals surface area contributed by atoms with Crippen molar-refractivity contribution in [3.05, 3.63) is 58.6 Å². The van der Waals surface area contributed by atoms with E-state index in [1.807, 2.05) is 43.3 Å². The average Bonchev–Trinajstić information content (AvgIpc) is 2.60. The van der Waals surface area contributed by atoms with E-state index in [0.717, 1.165) is 30.0 Å². The molecule has 0 fully saturated rings. The lowest BCUT2D eigenvalue weighted by molar-refractivity contribution is 0.269. The fourth-order valence-electron chi connectivity index (χ4n) is 2.26. The van der Waals surface area contributed by atoms with E-state index < -0.39 is 0 Å². The van der Waals surface area contributed by atoms with Gasteiger partial charge in [-0.15, -0.1) is 12.4 Å². The zero-order valence-corrected chi connectivity index (χ0v) is 16.6. The summed E-state index contributed by atoms with van der Waals surface area (Å²) >= 11 is 6.18. The van der Waals surface area contributed by atoms with Crippen molar-refractivity contribution in [3.8, 4) is 11.5 Å². The first kappa shape index (κ1) is 21.6. The van der Waals surface area contributed by atoms with Gasteiger partial charge in [0.05, 0.1) is 6.61 Å². The van der Waals surface area contributed by atoms with E-state index in [1.54, 1.807) is 0 Å². The summed E-state index contributed by atoms with van der Waals surface area (Å²) in [6.07, 6.45) is 1.11. The molecule has 0 amide bonds. The van der Waals surface area contributed by atoms with E-state index in [-0.39, 0.29) is 12.4 Å². The predicted molar refractivity (Wildman–Crippen MR) is 107 cm³/mol. The number of ether oxygens (including phenoxy) is 2. The normalized spacial score (nSPS) is 11.5. The minimum Gasteiger partial charge on any atom is -0.490 e. The van der Waals surface area contributed by atoms with Gasteiger partial charge in [0.2, 0.25) is 0 Å². The third-order valence-corrected chi connectivity index (χ3v) is 4.28. The van der Waals surface area contributed by atoms with Crippen molar-refractivity contribution < 1.29 is 9.47 Å². The summed E-state index contributed by atoms with van der Waals surface area (Å²) in [5, 5.41) is 4.20. The summed E-state index contributed by atoms with van der Waals surface area (Å²) in [7, 11) is 0. The third-order valence-electron chi connectivity index (χ3n) is 3.92. The molecule has 1 unspecified atom stereocenters. The van der Waals surface area contributed by atoms with Gasteiger partial charge in [0.25, 0.3) is 0 Å². The molecular formula is C20H27Cl2NO2. The van der Waals surface area contributed by atoms with Crippen LogP contribution in [0.25, 0.3) is 0 Å². The molecule has 0 heterocycles. The van der Waals surface area contributed by atoms with E-state index in [9.17, 15) is 0 Å². The lowest BCUT2D eigenvalue weighted by Crippen LogP contribution is -2.24. The Kier molecular flexibility index (Phi) is 9.73. The van der Waals surface area contributed by atoms with Crippen molar-refractivity contribution in [2.45, 2.75) is 46.4 Å². The van der Waals surface area contributed by atoms with E-state index in [4.69, 9.17) is 21.1 Å². The van der Waals surface area contributed by atoms with Gasteiger partial charge in [0.1, 0.15) is 6.61 Å². The fraction of sp³-hybridized carbons (Fsp3) is 0.400. The molecule has 0 aliphatic rings. The molecule has 138 valence electrons. The van der Waals surface area contributed by atoms with Crippen LogP contribution in [0.5, 0.6) is 11.5 Å². The standard InChI is InChI=1S/C20H26ClNO2.ClH/c1-4-15(3)22-13-16-10-11-19(20(12-16)23-5-2)24-14-17-8-6-7-9-18(17)21;/h6-12,15,22H,4-5,13-14H2,1-3H3;1H. The number of hydrogen-bond donors (Lipinski definition) is 1. The minimum absolute atomic E-state index is 0. The second-order valence-electron chi connectivity index (χ2n) is 5.78. The molecule has 2 aromatic rings. The Labute approximate surface area is 162 Å². The highest BCUT2D eigenvalue weighted by Crippen LogP contribution is 2.30. The van der Waals surface area contributed by atoms with Gasteiger partial charge in [-0.05, 0) is 44.0 Å². The van der Waals surface area contributed by atoms with Crippen LogP contribution in [0.2, 0.25) is 5.02 Å². The van der Waals surface area contributed by atoms with Crippen molar-refractivity contribution in [1.82, 2.24) is 5.32 Å². The van der Waals surface area contributed by atoms with Crippen molar-refractivity contribution in [3.63, 3.8) is 0 Å². The van der Waals surface area contributed by atoms with Crippen molar-refractivity contribution in [2.24, 2.45) is 0 Å². The van der Waals surface area contributed by atoms with Crippen LogP contribution in [0.15, 0.2) is 42.5 Å². The quantitative estimate of drug-likeness (QED) is 0.608. The maximum absolute atomic E-state index is 6.18. The lowest BCUT2D eigenvalue weighted by Gasteiger charge is -2.15. The van der Waals surface area contributed by atoms with Gasteiger partial charge < -0.3 is 14.8 Å². The van der Waals surface area contributed by atoms with Crippen LogP contribution in [0.4, 0.5) is 0 Å². The van der Waals surface area contributed by atoms with Crippen LogP contribution in [0.1, 0.15) is 38.3 Å². The van der Waals surface area contributed by atoms with Gasteiger partial charge in [-0.1, -0.05) is 42.8 Å². The molecule has 0 saturated heterocycles. The van der Waals surface area contributed by atoms with Crippen molar-refractivity contribution in [2.75, 3.05) is 6.61 Å². The maximum atomic E-state index is 6.18. The number of nitrogens with one attached hydrogen (secondary N) is 1. The topological polar surface area (TPSA) is 30.5 Å². The lowest BCUT2D eigenvalue weighted by atomic mass is 10.1. The highest BCUT2D eigenvalue weighted by molar-refractivity contribution is 6.31. The van der Waals surface area contributed by atoms with Crippen molar-refractivity contribution >= 4 is 24.0 Å². The van der Waals surface area contributed by atoms with Crippen LogP contribution >= 0.6 is 24.0 Å². The monoisotopic (exact) mass is 383 g/mol. The second-order valence-corrected chi connectivity index (χ2v) is 6.19. The first-order chi connectivity index (χ1) is 11.6. The van der Waals surface area contributed by atoms with Crippen molar-refractivity contribution in [1.29, 1.82) is 0 Å². The molecule has 5 heteroatoms. The molecule has 0 bridgehead atoms. The van der Waals surface area contributed by atoms with E-state index in [2.05, 4.69) is 25.2 Å². The Bertz CT molecular complexity index is 649. The molecule has 3 nitrogen and oxygen atoms in total. The summed E-state index contributed by atoms with van der Waals surface area (Å²) in [6, 6.07) is 14.3. The second kappa shape index (κ2) is 11.2. The molecule has 2 aromatic carbocycles. The molecule has 0 radical (unpaired) electrons. The summed E-state index contributed by atoms with van der Waals surface area (Å²) in [4.78, 5) is 0. The summed E-state index contributed by atoms with van der Waals surface area (Å²) < 4.78 is 11.7. The number of hydrogen-bond acceptors (Lipinski definition) is 3. The van der Waals surface area contributed by atoms with Crippen LogP contribution in [0.3, 0.4) is 0 Å². The van der Waals surface area contributed by atoms with Gasteiger partial charge in [0, 0.05) is 23.2 Å². The molecule has 0 aliphatic carbocycles. The van der Waals surface area contributed by atoms with Gasteiger partial charge in [-0.25, -0.2) is 0 Å². The third kappa shape index (κ3) is 6.77. The first-order valence-electron chi connectivity index (χ1n) is 8.49. The molecule has 0 aromatic heterocycles. The predicted octanol–water partition coefficient (Wildman–Crippen LogP) is 5.63. The Hall–Kier alpha value is -1.42. The van der Waals surface area contributed by atoms with Crippen LogP contribution in [-0.4, -0.2) is 12.6 Å². The van der Waals surface area contributed by atoms with Crippen LogP contribution in [0, 0.1) is 0 Å².